The van der Waals surface area contributed by atoms with E-state index in [1.54, 1.807) is 23.5 Å². The lowest BCUT2D eigenvalue weighted by atomic mass is 10.1. The first-order valence-corrected chi connectivity index (χ1v) is 12.4. The molecular formula is C21H40O2S2. The Morgan fingerprint density at radius 2 is 0.920 bits per heavy atom. The molecule has 0 saturated heterocycles. The van der Waals surface area contributed by atoms with Crippen molar-refractivity contribution in [2.24, 2.45) is 11.8 Å². The number of hydrogen-bond acceptors (Lipinski definition) is 4. The lowest BCUT2D eigenvalue weighted by Crippen LogP contribution is -2.05. The van der Waals surface area contributed by atoms with Crippen LogP contribution in [0.25, 0.3) is 0 Å². The summed E-state index contributed by atoms with van der Waals surface area (Å²) < 4.78 is 0. The van der Waals surface area contributed by atoms with Crippen molar-refractivity contribution in [3.8, 4) is 0 Å². The van der Waals surface area contributed by atoms with Gasteiger partial charge in [0.05, 0.1) is 11.5 Å². The number of unbranched alkanes of at least 4 members (excludes halogenated alkanes) is 6. The van der Waals surface area contributed by atoms with Gasteiger partial charge in [0.2, 0.25) is 0 Å². The minimum atomic E-state index is 0.406. The minimum absolute atomic E-state index is 0.406. The summed E-state index contributed by atoms with van der Waals surface area (Å²) in [5.74, 6) is 5.47. The van der Waals surface area contributed by atoms with Crippen LogP contribution in [0.5, 0.6) is 0 Å². The fourth-order valence-corrected chi connectivity index (χ4v) is 4.49. The second-order valence-corrected chi connectivity index (χ2v) is 10.1. The van der Waals surface area contributed by atoms with Crippen molar-refractivity contribution < 1.29 is 9.59 Å². The normalized spacial score (nSPS) is 11.4. The number of carbonyl (C=O) groups excluding carboxylic acids is 2. The van der Waals surface area contributed by atoms with Gasteiger partial charge in [0.15, 0.2) is 0 Å². The molecule has 0 saturated carbocycles. The molecule has 0 heterocycles. The van der Waals surface area contributed by atoms with Crippen LogP contribution in [-0.4, -0.2) is 34.6 Å². The van der Waals surface area contributed by atoms with Crippen molar-refractivity contribution >= 4 is 35.1 Å². The van der Waals surface area contributed by atoms with E-state index in [1.807, 2.05) is 0 Å². The van der Waals surface area contributed by atoms with Crippen LogP contribution in [0.2, 0.25) is 0 Å². The molecule has 0 radical (unpaired) electrons. The molecule has 0 aromatic rings. The zero-order valence-corrected chi connectivity index (χ0v) is 18.6. The van der Waals surface area contributed by atoms with Crippen LogP contribution in [0.3, 0.4) is 0 Å². The van der Waals surface area contributed by atoms with E-state index >= 15 is 0 Å². The Balaban J connectivity index is 3.19. The Labute approximate surface area is 165 Å². The highest BCUT2D eigenvalue weighted by atomic mass is 32.2. The molecule has 0 amide bonds. The highest BCUT2D eigenvalue weighted by Crippen LogP contribution is 2.14. The SMILES string of the molecule is CC(C)CC(=O)CSCCCCCCCCCSCC(=O)CC(C)C. The van der Waals surface area contributed by atoms with Crippen LogP contribution < -0.4 is 0 Å². The highest BCUT2D eigenvalue weighted by molar-refractivity contribution is 8.00. The molecule has 0 aliphatic carbocycles. The lowest BCUT2D eigenvalue weighted by molar-refractivity contribution is -0.118. The number of thioether (sulfide) groups is 2. The van der Waals surface area contributed by atoms with E-state index in [0.717, 1.165) is 24.3 Å². The summed E-state index contributed by atoms with van der Waals surface area (Å²) in [6, 6.07) is 0. The predicted molar refractivity (Wildman–Crippen MR) is 116 cm³/mol. The van der Waals surface area contributed by atoms with E-state index in [4.69, 9.17) is 0 Å². The molecule has 0 aliphatic rings. The molecule has 0 fully saturated rings. The van der Waals surface area contributed by atoms with Crippen molar-refractivity contribution in [3.63, 3.8) is 0 Å². The summed E-state index contributed by atoms with van der Waals surface area (Å²) in [4.78, 5) is 23.2. The Morgan fingerprint density at radius 3 is 1.24 bits per heavy atom. The lowest BCUT2D eigenvalue weighted by Gasteiger charge is -2.05. The molecule has 4 heteroatoms. The number of hydrogen-bond donors (Lipinski definition) is 0. The predicted octanol–water partition coefficient (Wildman–Crippen LogP) is 6.41. The van der Waals surface area contributed by atoms with E-state index in [9.17, 15) is 9.59 Å². The first kappa shape index (κ1) is 25.0. The van der Waals surface area contributed by atoms with Crippen molar-refractivity contribution in [1.82, 2.24) is 0 Å². The third-order valence-corrected chi connectivity index (χ3v) is 6.08. The second kappa shape index (κ2) is 17.5. The van der Waals surface area contributed by atoms with Gasteiger partial charge in [0.25, 0.3) is 0 Å². The Hall–Kier alpha value is 0.0400. The van der Waals surface area contributed by atoms with E-state index in [-0.39, 0.29) is 0 Å². The number of ketones is 2. The number of rotatable bonds is 18. The molecule has 0 aromatic carbocycles. The molecule has 0 rings (SSSR count). The Kier molecular flexibility index (Phi) is 17.5. The van der Waals surface area contributed by atoms with Crippen molar-refractivity contribution in [2.45, 2.75) is 85.5 Å². The summed E-state index contributed by atoms with van der Waals surface area (Å²) in [5, 5.41) is 0. The van der Waals surface area contributed by atoms with Crippen LogP contribution in [0.15, 0.2) is 0 Å². The molecule has 25 heavy (non-hydrogen) atoms. The van der Waals surface area contributed by atoms with Crippen LogP contribution in [-0.2, 0) is 9.59 Å². The molecule has 2 nitrogen and oxygen atoms in total. The average Bonchev–Trinajstić information content (AvgIpc) is 2.50. The van der Waals surface area contributed by atoms with Crippen LogP contribution in [0, 0.1) is 11.8 Å². The third kappa shape index (κ3) is 20.2. The van der Waals surface area contributed by atoms with Gasteiger partial charge in [-0.25, -0.2) is 0 Å². The monoisotopic (exact) mass is 388 g/mol. The fourth-order valence-electron chi connectivity index (χ4n) is 2.69. The van der Waals surface area contributed by atoms with Gasteiger partial charge in [-0.05, 0) is 36.2 Å². The van der Waals surface area contributed by atoms with E-state index in [1.165, 1.54) is 44.9 Å². The van der Waals surface area contributed by atoms with Gasteiger partial charge in [0.1, 0.15) is 11.6 Å². The molecule has 0 aromatic heterocycles. The maximum absolute atomic E-state index is 11.6. The molecule has 0 N–H and O–H groups in total. The first-order valence-electron chi connectivity index (χ1n) is 10.1. The third-order valence-electron chi connectivity index (χ3n) is 3.88. The van der Waals surface area contributed by atoms with Crippen LogP contribution in [0.4, 0.5) is 0 Å². The summed E-state index contributed by atoms with van der Waals surface area (Å²) in [6.07, 6.45) is 10.5. The van der Waals surface area contributed by atoms with Gasteiger partial charge in [0, 0.05) is 12.8 Å². The van der Waals surface area contributed by atoms with Crippen molar-refractivity contribution in [3.05, 3.63) is 0 Å². The van der Waals surface area contributed by atoms with Gasteiger partial charge >= 0.3 is 0 Å². The molecule has 148 valence electrons. The zero-order chi connectivity index (χ0) is 18.9. The fraction of sp³-hybridized carbons (Fsp3) is 0.905. The van der Waals surface area contributed by atoms with Crippen molar-refractivity contribution in [1.29, 1.82) is 0 Å². The smallest absolute Gasteiger partial charge is 0.142 e. The van der Waals surface area contributed by atoms with E-state index < -0.39 is 0 Å². The molecular weight excluding hydrogens is 348 g/mol. The average molecular weight is 389 g/mol. The van der Waals surface area contributed by atoms with Gasteiger partial charge in [-0.15, -0.1) is 0 Å². The molecule has 0 unspecified atom stereocenters. The maximum Gasteiger partial charge on any atom is 0.142 e. The molecule has 0 aliphatic heterocycles. The summed E-state index contributed by atoms with van der Waals surface area (Å²) >= 11 is 3.61. The summed E-state index contributed by atoms with van der Waals surface area (Å²) in [5.41, 5.74) is 0. The Bertz CT molecular complexity index is 309. The largest absolute Gasteiger partial charge is 0.299 e. The molecule has 0 atom stereocenters. The number of carbonyl (C=O) groups is 2. The van der Waals surface area contributed by atoms with E-state index in [0.29, 0.717) is 34.9 Å². The molecule has 0 bridgehead atoms. The summed E-state index contributed by atoms with van der Waals surface area (Å²) in [6.45, 7) is 8.42. The quantitative estimate of drug-likeness (QED) is 0.254. The minimum Gasteiger partial charge on any atom is -0.299 e. The topological polar surface area (TPSA) is 34.1 Å². The van der Waals surface area contributed by atoms with Gasteiger partial charge in [-0.1, -0.05) is 59.8 Å². The number of Topliss-reactive ketones (excluding diaryl/α,β-unsaturated/α-hetero) is 2. The van der Waals surface area contributed by atoms with Gasteiger partial charge in [-0.3, -0.25) is 9.59 Å². The van der Waals surface area contributed by atoms with Crippen LogP contribution >= 0.6 is 23.5 Å². The highest BCUT2D eigenvalue weighted by Gasteiger charge is 2.05. The Morgan fingerprint density at radius 1 is 0.600 bits per heavy atom. The van der Waals surface area contributed by atoms with Gasteiger partial charge < -0.3 is 0 Å². The molecule has 0 spiro atoms. The van der Waals surface area contributed by atoms with Crippen LogP contribution in [0.1, 0.15) is 85.5 Å². The van der Waals surface area contributed by atoms with Gasteiger partial charge in [-0.2, -0.15) is 23.5 Å². The van der Waals surface area contributed by atoms with E-state index in [2.05, 4.69) is 27.7 Å². The van der Waals surface area contributed by atoms with Crippen molar-refractivity contribution in [2.75, 3.05) is 23.0 Å². The second-order valence-electron chi connectivity index (χ2n) is 7.85. The maximum atomic E-state index is 11.6. The zero-order valence-electron chi connectivity index (χ0n) is 17.0. The summed E-state index contributed by atoms with van der Waals surface area (Å²) in [7, 11) is 0. The first-order chi connectivity index (χ1) is 11.9. The standard InChI is InChI=1S/C21H40O2S2/c1-18(2)14-20(22)16-24-12-10-8-6-5-7-9-11-13-25-17-21(23)15-19(3)4/h18-19H,5-17H2,1-4H3.